The van der Waals surface area contributed by atoms with E-state index in [9.17, 15) is 8.42 Å². The molecule has 0 atom stereocenters. The zero-order chi connectivity index (χ0) is 23.0. The summed E-state index contributed by atoms with van der Waals surface area (Å²) in [5.41, 5.74) is 4.59. The summed E-state index contributed by atoms with van der Waals surface area (Å²) in [6.45, 7) is 7.81. The number of sulfonamides is 1. The largest absolute Gasteiger partial charge is 0.345 e. The van der Waals surface area contributed by atoms with Crippen molar-refractivity contribution in [2.75, 3.05) is 31.1 Å². The normalized spacial score (nSPS) is 15.3. The quantitative estimate of drug-likeness (QED) is 0.457. The number of piperazine rings is 1. The van der Waals surface area contributed by atoms with Gasteiger partial charge in [0.15, 0.2) is 5.13 Å². The van der Waals surface area contributed by atoms with Gasteiger partial charge in [-0.3, -0.25) is 0 Å². The number of aromatic nitrogens is 1. The van der Waals surface area contributed by atoms with Crippen LogP contribution in [0.2, 0.25) is 10.0 Å². The molecule has 1 fully saturated rings. The van der Waals surface area contributed by atoms with Gasteiger partial charge in [0.25, 0.3) is 0 Å². The Labute approximate surface area is 203 Å². The molecule has 0 saturated carbocycles. The third-order valence-corrected chi connectivity index (χ3v) is 9.38. The second-order valence-electron chi connectivity index (χ2n) is 8.15. The Kier molecular flexibility index (Phi) is 6.84. The van der Waals surface area contributed by atoms with E-state index in [1.54, 1.807) is 21.7 Å². The van der Waals surface area contributed by atoms with Crippen LogP contribution in [-0.4, -0.2) is 43.9 Å². The summed E-state index contributed by atoms with van der Waals surface area (Å²) in [6, 6.07) is 9.35. The molecule has 32 heavy (non-hydrogen) atoms. The lowest BCUT2D eigenvalue weighted by molar-refractivity contribution is 0.384. The van der Waals surface area contributed by atoms with Crippen LogP contribution >= 0.6 is 34.5 Å². The van der Waals surface area contributed by atoms with Crippen LogP contribution < -0.4 is 4.90 Å². The first-order valence-electron chi connectivity index (χ1n) is 10.4. The summed E-state index contributed by atoms with van der Waals surface area (Å²) in [5, 5.41) is 4.18. The van der Waals surface area contributed by atoms with Crippen LogP contribution in [-0.2, 0) is 16.4 Å². The summed E-state index contributed by atoms with van der Waals surface area (Å²) in [7, 11) is -3.53. The first-order valence-corrected chi connectivity index (χ1v) is 13.4. The molecule has 0 radical (unpaired) electrons. The zero-order valence-corrected chi connectivity index (χ0v) is 21.4. The van der Waals surface area contributed by atoms with E-state index in [2.05, 4.69) is 4.90 Å². The number of rotatable bonds is 5. The molecule has 170 valence electrons. The fraction of sp³-hybridized carbons (Fsp3) is 0.348. The average Bonchev–Trinajstić information content (AvgIpc) is 3.18. The van der Waals surface area contributed by atoms with Crippen LogP contribution in [0, 0.1) is 20.8 Å². The number of anilines is 1. The lowest BCUT2D eigenvalue weighted by atomic mass is 10.1. The molecule has 2 aromatic carbocycles. The summed E-state index contributed by atoms with van der Waals surface area (Å²) < 4.78 is 28.2. The maximum atomic E-state index is 13.3. The highest BCUT2D eigenvalue weighted by Gasteiger charge is 2.31. The molecule has 1 aliphatic rings. The van der Waals surface area contributed by atoms with Crippen LogP contribution in [0.3, 0.4) is 0 Å². The predicted octanol–water partition coefficient (Wildman–Crippen LogP) is 5.48. The van der Waals surface area contributed by atoms with Gasteiger partial charge in [-0.1, -0.05) is 47.0 Å². The van der Waals surface area contributed by atoms with Gasteiger partial charge in [-0.2, -0.15) is 4.31 Å². The molecule has 0 spiro atoms. The molecule has 9 heteroatoms. The molecule has 1 aromatic heterocycles. The van der Waals surface area contributed by atoms with Crippen molar-refractivity contribution in [1.29, 1.82) is 0 Å². The van der Waals surface area contributed by atoms with Crippen molar-refractivity contribution in [2.24, 2.45) is 0 Å². The Morgan fingerprint density at radius 1 is 1.00 bits per heavy atom. The predicted molar refractivity (Wildman–Crippen MR) is 133 cm³/mol. The van der Waals surface area contributed by atoms with Gasteiger partial charge in [0.1, 0.15) is 0 Å². The van der Waals surface area contributed by atoms with Gasteiger partial charge in [0, 0.05) is 48.0 Å². The molecule has 1 aliphatic heterocycles. The molecule has 3 aromatic rings. The first-order chi connectivity index (χ1) is 15.1. The molecule has 2 heterocycles. The second kappa shape index (κ2) is 9.31. The van der Waals surface area contributed by atoms with Crippen molar-refractivity contribution in [1.82, 2.24) is 9.29 Å². The summed E-state index contributed by atoms with van der Waals surface area (Å²) in [6.07, 6.45) is 0.632. The molecule has 0 unspecified atom stereocenters. The molecular weight excluding hydrogens is 485 g/mol. The zero-order valence-electron chi connectivity index (χ0n) is 18.2. The number of nitrogens with zero attached hydrogens (tertiary/aromatic N) is 3. The van der Waals surface area contributed by atoms with E-state index < -0.39 is 10.0 Å². The van der Waals surface area contributed by atoms with Crippen LogP contribution in [0.1, 0.15) is 27.9 Å². The number of thiazole rings is 1. The smallest absolute Gasteiger partial charge is 0.243 e. The maximum Gasteiger partial charge on any atom is 0.243 e. The molecule has 4 rings (SSSR count). The van der Waals surface area contributed by atoms with Crippen molar-refractivity contribution in [3.8, 4) is 0 Å². The third-order valence-electron chi connectivity index (χ3n) is 5.64. The number of aryl methyl sites for hydroxylation is 3. The minimum absolute atomic E-state index is 0.438. The van der Waals surface area contributed by atoms with Gasteiger partial charge in [-0.15, -0.1) is 11.3 Å². The molecule has 5 nitrogen and oxygen atoms in total. The van der Waals surface area contributed by atoms with Crippen molar-refractivity contribution in [3.05, 3.63) is 73.7 Å². The van der Waals surface area contributed by atoms with Crippen molar-refractivity contribution >= 4 is 49.7 Å². The van der Waals surface area contributed by atoms with Gasteiger partial charge in [0.2, 0.25) is 10.0 Å². The van der Waals surface area contributed by atoms with Crippen molar-refractivity contribution in [3.63, 3.8) is 0 Å². The number of hydrogen-bond donors (Lipinski definition) is 0. The fourth-order valence-electron chi connectivity index (χ4n) is 4.21. The Balaban J connectivity index is 1.44. The van der Waals surface area contributed by atoms with Crippen LogP contribution in [0.4, 0.5) is 5.13 Å². The van der Waals surface area contributed by atoms with Crippen molar-refractivity contribution in [2.45, 2.75) is 32.1 Å². The summed E-state index contributed by atoms with van der Waals surface area (Å²) in [5.74, 6) is 0. The second-order valence-corrected chi connectivity index (χ2v) is 11.7. The fourth-order valence-corrected chi connectivity index (χ4v) is 7.39. The number of benzene rings is 2. The van der Waals surface area contributed by atoms with E-state index in [-0.39, 0.29) is 0 Å². The molecular formula is C23H25Cl2N3O2S2. The van der Waals surface area contributed by atoms with Gasteiger partial charge >= 0.3 is 0 Å². The lowest BCUT2D eigenvalue weighted by Crippen LogP contribution is -2.48. The minimum Gasteiger partial charge on any atom is -0.345 e. The Hall–Kier alpha value is -1.64. The van der Waals surface area contributed by atoms with Gasteiger partial charge in [-0.25, -0.2) is 13.4 Å². The molecule has 0 bridgehead atoms. The highest BCUT2D eigenvalue weighted by Crippen LogP contribution is 2.29. The monoisotopic (exact) mass is 509 g/mol. The lowest BCUT2D eigenvalue weighted by Gasteiger charge is -2.34. The Bertz CT molecular complexity index is 1230. The van der Waals surface area contributed by atoms with Gasteiger partial charge in [0.05, 0.1) is 10.6 Å². The van der Waals surface area contributed by atoms with E-state index in [1.165, 1.54) is 0 Å². The van der Waals surface area contributed by atoms with E-state index in [0.29, 0.717) is 47.5 Å². The SMILES string of the molecule is Cc1cc(C)c(S(=O)(=O)N2CCN(c3nc(Cc4ccc(Cl)cc4Cl)cs3)CC2)c(C)c1. The van der Waals surface area contributed by atoms with E-state index in [0.717, 1.165) is 33.1 Å². The number of halogens is 2. The Morgan fingerprint density at radius 2 is 1.66 bits per heavy atom. The molecule has 0 N–H and O–H groups in total. The van der Waals surface area contributed by atoms with Gasteiger partial charge in [-0.05, 0) is 49.6 Å². The number of hydrogen-bond acceptors (Lipinski definition) is 5. The highest BCUT2D eigenvalue weighted by atomic mass is 35.5. The minimum atomic E-state index is -3.53. The average molecular weight is 511 g/mol. The summed E-state index contributed by atoms with van der Waals surface area (Å²) in [4.78, 5) is 7.35. The highest BCUT2D eigenvalue weighted by molar-refractivity contribution is 7.89. The molecule has 1 saturated heterocycles. The summed E-state index contributed by atoms with van der Waals surface area (Å²) >= 11 is 13.8. The van der Waals surface area contributed by atoms with Crippen LogP contribution in [0.25, 0.3) is 0 Å². The standard InChI is InChI=1S/C23H25Cl2N3O2S2/c1-15-10-16(2)22(17(3)11-15)32(29,30)28-8-6-27(7-9-28)23-26-20(14-31-23)12-18-4-5-19(24)13-21(18)25/h4-5,10-11,13-14H,6-9,12H2,1-3H3. The van der Waals surface area contributed by atoms with E-state index in [1.807, 2.05) is 50.4 Å². The van der Waals surface area contributed by atoms with Crippen LogP contribution in [0.5, 0.6) is 0 Å². The Morgan fingerprint density at radius 3 is 2.28 bits per heavy atom. The third kappa shape index (κ3) is 4.82. The van der Waals surface area contributed by atoms with Crippen molar-refractivity contribution < 1.29 is 8.42 Å². The van der Waals surface area contributed by atoms with Crippen LogP contribution in [0.15, 0.2) is 40.6 Å². The first kappa shape index (κ1) is 23.5. The topological polar surface area (TPSA) is 53.5 Å². The molecule has 0 amide bonds. The van der Waals surface area contributed by atoms with Gasteiger partial charge < -0.3 is 4.90 Å². The molecule has 0 aliphatic carbocycles. The maximum absolute atomic E-state index is 13.3. The van der Waals surface area contributed by atoms with E-state index in [4.69, 9.17) is 28.2 Å². The van der Waals surface area contributed by atoms with E-state index >= 15 is 0 Å².